The molecule has 0 radical (unpaired) electrons. The van der Waals surface area contributed by atoms with Gasteiger partial charge in [-0.15, -0.1) is 4.73 Å². The SMILES string of the molecule is [O-][n+]1cc2ccc[n+]([O-])c2[n+]([O-])n1. The van der Waals surface area contributed by atoms with Crippen LogP contribution in [-0.2, 0) is 0 Å². The Hall–Kier alpha value is -2.18. The van der Waals surface area contributed by atoms with E-state index in [9.17, 15) is 15.6 Å². The lowest BCUT2D eigenvalue weighted by Gasteiger charge is -1.97. The highest BCUT2D eigenvalue weighted by Crippen LogP contribution is 1.98. The lowest BCUT2D eigenvalue weighted by Crippen LogP contribution is -2.52. The standard InChI is InChI=1S/C6H4N4O3/c11-8-3-1-2-5-4-9(12)7-10(13)6(5)8/h1-4H. The van der Waals surface area contributed by atoms with Gasteiger partial charge in [0.2, 0.25) is 6.20 Å². The van der Waals surface area contributed by atoms with Gasteiger partial charge in [0, 0.05) is 10.9 Å². The molecular weight excluding hydrogens is 176 g/mol. The summed E-state index contributed by atoms with van der Waals surface area (Å²) in [6.45, 7) is 0. The van der Waals surface area contributed by atoms with Crippen molar-refractivity contribution in [2.75, 3.05) is 0 Å². The zero-order valence-corrected chi connectivity index (χ0v) is 6.32. The Balaban J connectivity index is 2.94. The number of hydrogen-bond donors (Lipinski definition) is 0. The maximum absolute atomic E-state index is 11.1. The molecule has 2 heterocycles. The van der Waals surface area contributed by atoms with E-state index in [1.807, 2.05) is 0 Å². The highest BCUT2D eigenvalue weighted by Gasteiger charge is 2.19. The van der Waals surface area contributed by atoms with Crippen molar-refractivity contribution in [2.24, 2.45) is 0 Å². The molecule has 0 fully saturated rings. The lowest BCUT2D eigenvalue weighted by atomic mass is 10.3. The average Bonchev–Trinajstić information content (AvgIpc) is 2.02. The quantitative estimate of drug-likeness (QED) is 0.350. The third-order valence-electron chi connectivity index (χ3n) is 1.56. The molecular formula is C6H4N4O3. The van der Waals surface area contributed by atoms with E-state index in [-0.39, 0.29) is 20.7 Å². The van der Waals surface area contributed by atoms with Crippen molar-refractivity contribution in [3.05, 3.63) is 40.1 Å². The van der Waals surface area contributed by atoms with Crippen LogP contribution in [0.4, 0.5) is 0 Å². The summed E-state index contributed by atoms with van der Waals surface area (Å²) < 4.78 is 0.356. The number of pyridine rings is 1. The van der Waals surface area contributed by atoms with Crippen molar-refractivity contribution in [3.63, 3.8) is 0 Å². The number of fused-ring (bicyclic) bond motifs is 1. The zero-order chi connectivity index (χ0) is 9.42. The van der Waals surface area contributed by atoms with Crippen LogP contribution in [0.5, 0.6) is 0 Å². The molecule has 0 bridgehead atoms. The summed E-state index contributed by atoms with van der Waals surface area (Å²) in [6, 6.07) is 2.92. The molecule has 2 rings (SSSR count). The first-order valence-electron chi connectivity index (χ1n) is 3.41. The third kappa shape index (κ3) is 1.06. The Kier molecular flexibility index (Phi) is 1.38. The molecule has 0 N–H and O–H groups in total. The van der Waals surface area contributed by atoms with E-state index < -0.39 is 0 Å². The molecule has 0 aromatic carbocycles. The number of hydrogen-bond acceptors (Lipinski definition) is 4. The van der Waals surface area contributed by atoms with Gasteiger partial charge in [-0.3, -0.25) is 0 Å². The summed E-state index contributed by atoms with van der Waals surface area (Å²) >= 11 is 0. The predicted molar refractivity (Wildman–Crippen MR) is 38.6 cm³/mol. The van der Waals surface area contributed by atoms with Crippen LogP contribution in [0.3, 0.4) is 0 Å². The average molecular weight is 180 g/mol. The first-order chi connectivity index (χ1) is 6.18. The third-order valence-corrected chi connectivity index (χ3v) is 1.56. The first kappa shape index (κ1) is 7.47. The van der Waals surface area contributed by atoms with Gasteiger partial charge in [0.05, 0.1) is 4.85 Å². The number of nitrogens with zero attached hydrogens (tertiary/aromatic N) is 4. The normalized spacial score (nSPS) is 10.5. The van der Waals surface area contributed by atoms with Gasteiger partial charge in [-0.1, -0.05) is 0 Å². The van der Waals surface area contributed by atoms with Crippen LogP contribution in [0, 0.1) is 15.6 Å². The molecule has 0 saturated heterocycles. The first-order valence-corrected chi connectivity index (χ1v) is 3.41. The summed E-state index contributed by atoms with van der Waals surface area (Å²) in [5.41, 5.74) is -0.199. The largest absolute Gasteiger partial charge is 0.614 e. The van der Waals surface area contributed by atoms with Crippen molar-refractivity contribution < 1.29 is 14.4 Å². The second-order valence-electron chi connectivity index (χ2n) is 2.41. The Labute approximate surface area is 71.8 Å². The second-order valence-corrected chi connectivity index (χ2v) is 2.41. The van der Waals surface area contributed by atoms with Crippen molar-refractivity contribution in [1.82, 2.24) is 5.21 Å². The highest BCUT2D eigenvalue weighted by molar-refractivity contribution is 5.65. The van der Waals surface area contributed by atoms with Crippen LogP contribution in [0.15, 0.2) is 24.5 Å². The van der Waals surface area contributed by atoms with Crippen molar-refractivity contribution >= 4 is 11.0 Å². The molecule has 0 aliphatic heterocycles. The number of aromatic nitrogens is 4. The fourth-order valence-electron chi connectivity index (χ4n) is 1.06. The molecule has 0 amide bonds. The van der Waals surface area contributed by atoms with Gasteiger partial charge >= 0.3 is 10.9 Å². The van der Waals surface area contributed by atoms with Gasteiger partial charge in [-0.05, 0) is 6.07 Å². The maximum atomic E-state index is 11.1. The Bertz CT molecular complexity index is 473. The molecule has 7 nitrogen and oxygen atoms in total. The van der Waals surface area contributed by atoms with Gasteiger partial charge in [-0.25, -0.2) is 0 Å². The minimum atomic E-state index is -0.199. The molecule has 7 heteroatoms. The topological polar surface area (TPSA) is 93.7 Å². The van der Waals surface area contributed by atoms with Crippen LogP contribution in [0.1, 0.15) is 0 Å². The van der Waals surface area contributed by atoms with E-state index in [0.717, 1.165) is 12.4 Å². The fourth-order valence-corrected chi connectivity index (χ4v) is 1.06. The highest BCUT2D eigenvalue weighted by atomic mass is 16.6. The van der Waals surface area contributed by atoms with E-state index in [1.54, 1.807) is 0 Å². The Morgan fingerprint density at radius 2 is 2.00 bits per heavy atom. The maximum Gasteiger partial charge on any atom is 0.510 e. The van der Waals surface area contributed by atoms with Crippen LogP contribution in [0.2, 0.25) is 0 Å². The monoisotopic (exact) mass is 180 g/mol. The van der Waals surface area contributed by atoms with Gasteiger partial charge in [-0.2, -0.15) is 0 Å². The Morgan fingerprint density at radius 1 is 1.23 bits per heavy atom. The molecule has 0 unspecified atom stereocenters. The van der Waals surface area contributed by atoms with Gasteiger partial charge in [0.25, 0.3) is 0 Å². The smallest absolute Gasteiger partial charge is 0.510 e. The molecule has 0 saturated carbocycles. The predicted octanol–water partition coefficient (Wildman–Crippen LogP) is -1.86. The van der Waals surface area contributed by atoms with Crippen molar-refractivity contribution in [3.8, 4) is 0 Å². The van der Waals surface area contributed by atoms with Crippen LogP contribution in [0.25, 0.3) is 11.0 Å². The molecule has 0 spiro atoms. The van der Waals surface area contributed by atoms with Crippen LogP contribution in [-0.4, -0.2) is 5.21 Å². The molecule has 0 aliphatic rings. The number of rotatable bonds is 0. The molecule has 0 atom stereocenters. The summed E-state index contributed by atoms with van der Waals surface area (Å²) in [5, 5.41) is 35.9. The van der Waals surface area contributed by atoms with E-state index in [0.29, 0.717) is 4.73 Å². The van der Waals surface area contributed by atoms with E-state index in [4.69, 9.17) is 0 Å². The second kappa shape index (κ2) is 2.41. The summed E-state index contributed by atoms with van der Waals surface area (Å²) in [4.78, 5) is 0.102. The van der Waals surface area contributed by atoms with Gasteiger partial charge in [0.1, 0.15) is 0 Å². The summed E-state index contributed by atoms with van der Waals surface area (Å²) in [5.74, 6) is 0. The van der Waals surface area contributed by atoms with Crippen LogP contribution < -0.4 is 14.4 Å². The van der Waals surface area contributed by atoms with E-state index >= 15 is 0 Å². The molecule has 0 aliphatic carbocycles. The summed E-state index contributed by atoms with van der Waals surface area (Å²) in [6.07, 6.45) is 2.21. The van der Waals surface area contributed by atoms with Crippen molar-refractivity contribution in [2.45, 2.75) is 0 Å². The molecule has 13 heavy (non-hydrogen) atoms. The summed E-state index contributed by atoms with van der Waals surface area (Å²) in [7, 11) is 0. The lowest BCUT2D eigenvalue weighted by molar-refractivity contribution is -0.854. The van der Waals surface area contributed by atoms with Crippen LogP contribution >= 0.6 is 0 Å². The molecule has 2 aromatic heterocycles. The van der Waals surface area contributed by atoms with Gasteiger partial charge < -0.3 is 15.6 Å². The molecule has 66 valence electrons. The minimum Gasteiger partial charge on any atom is -0.614 e. The van der Waals surface area contributed by atoms with E-state index in [1.165, 1.54) is 12.1 Å². The minimum absolute atomic E-state index is 0.00463. The van der Waals surface area contributed by atoms with E-state index in [2.05, 4.69) is 5.21 Å². The fraction of sp³-hybridized carbons (Fsp3) is 0. The molecule has 2 aromatic rings. The van der Waals surface area contributed by atoms with Crippen molar-refractivity contribution in [1.29, 1.82) is 0 Å². The van der Waals surface area contributed by atoms with Gasteiger partial charge in [0.15, 0.2) is 11.6 Å². The Morgan fingerprint density at radius 3 is 2.77 bits per heavy atom. The zero-order valence-electron chi connectivity index (χ0n) is 6.32.